The molecule has 0 fully saturated rings. The fraction of sp³-hybridized carbons (Fsp3) is 0. The fourth-order valence-electron chi connectivity index (χ4n) is 0. The number of carboxylic acid groups (broad SMARTS) is 1. The molecule has 0 aliphatic heterocycles. The molecule has 0 atom stereocenters. The van der Waals surface area contributed by atoms with Crippen LogP contribution in [0.5, 0.6) is 0 Å². The Bertz CT molecular complexity index is 34.5. The normalized spacial score (nSPS) is 4.17. The summed E-state index contributed by atoms with van der Waals surface area (Å²) < 4.78 is 0. The number of rotatable bonds is 0. The van der Waals surface area contributed by atoms with Gasteiger partial charge in [0.05, 0.1) is 6.92 Å². The summed E-state index contributed by atoms with van der Waals surface area (Å²) in [6, 6.07) is 0. The summed E-state index contributed by atoms with van der Waals surface area (Å²) in [5.74, 6) is -1.08. The molecule has 1 N–H and O–H groups in total. The number of carboxylic acids is 1. The number of hydrogen-bond acceptors (Lipinski definition) is 1. The topological polar surface area (TPSA) is 37.3 Å². The Kier molecular flexibility index (Phi) is 24.6. The van der Waals surface area contributed by atoms with Crippen LogP contribution in [0.4, 0.5) is 0 Å². The molecule has 0 spiro atoms. The molecule has 0 saturated heterocycles. The van der Waals surface area contributed by atoms with Crippen molar-refractivity contribution >= 4 is 52.9 Å². The van der Waals surface area contributed by atoms with Crippen molar-refractivity contribution < 1.29 is 9.90 Å². The molecule has 3 radical (unpaired) electrons. The maximum atomic E-state index is 8.89. The number of carbonyl (C=O) groups is 1. The predicted octanol–water partition coefficient (Wildman–Crippen LogP) is -1.93. The molecule has 0 saturated carbocycles. The summed E-state index contributed by atoms with van der Waals surface area (Å²) in [6.07, 6.45) is 0. The first-order chi connectivity index (χ1) is 1.73. The van der Waals surface area contributed by atoms with Crippen LogP contribution in [0.2, 0.25) is 0 Å². The third-order valence-electron chi connectivity index (χ3n) is 0. The maximum absolute atomic E-state index is 8.89. The van der Waals surface area contributed by atoms with Crippen LogP contribution in [0.1, 0.15) is 0 Å². The predicted molar refractivity (Wildman–Crippen MR) is 30.1 cm³/mol. The van der Waals surface area contributed by atoms with Gasteiger partial charge in [-0.05, 0) is 0 Å². The molecular formula is C2H7MgO2Sn. The van der Waals surface area contributed by atoms with E-state index in [1.807, 2.05) is 0 Å². The summed E-state index contributed by atoms with van der Waals surface area (Å²) in [4.78, 5) is 8.89. The molecule has 0 bridgehead atoms. The van der Waals surface area contributed by atoms with Crippen LogP contribution in [-0.2, 0) is 4.79 Å². The Hall–Kier alpha value is 1.03. The van der Waals surface area contributed by atoms with Gasteiger partial charge in [-0.1, -0.05) is 0 Å². The van der Waals surface area contributed by atoms with Crippen LogP contribution in [0.3, 0.4) is 0 Å². The minimum atomic E-state index is -1.08. The first-order valence-corrected chi connectivity index (χ1v) is 0.781. The van der Waals surface area contributed by atoms with E-state index in [1.54, 1.807) is 0 Å². The molecule has 0 rings (SSSR count). The van der Waals surface area contributed by atoms with Gasteiger partial charge in [-0.15, -0.1) is 0 Å². The van der Waals surface area contributed by atoms with Crippen LogP contribution >= 0.6 is 0 Å². The van der Waals surface area contributed by atoms with Crippen molar-refractivity contribution in [2.45, 2.75) is 0 Å². The third-order valence-corrected chi connectivity index (χ3v) is 0. The van der Waals surface area contributed by atoms with E-state index in [0.717, 1.165) is 0 Å². The second-order valence-corrected chi connectivity index (χ2v) is 0.394. The summed E-state index contributed by atoms with van der Waals surface area (Å²) in [6.45, 7) is 2.56. The van der Waals surface area contributed by atoms with Gasteiger partial charge in [-0.2, -0.15) is 0 Å². The van der Waals surface area contributed by atoms with Gasteiger partial charge in [0.15, 0.2) is 0 Å². The van der Waals surface area contributed by atoms with Gasteiger partial charge in [0, 0.05) is 0 Å². The zero-order valence-corrected chi connectivity index (χ0v) is 6.81. The third kappa shape index (κ3) is 76.5. The first kappa shape index (κ1) is 15.7. The van der Waals surface area contributed by atoms with Gasteiger partial charge in [-0.25, -0.2) is 0 Å². The summed E-state index contributed by atoms with van der Waals surface area (Å²) >= 11 is 0. The molecule has 0 aromatic heterocycles. The molecule has 0 heterocycles. The molecule has 2 nitrogen and oxygen atoms in total. The molecule has 6 heavy (non-hydrogen) atoms. The average molecular weight is 206 g/mol. The van der Waals surface area contributed by atoms with Gasteiger partial charge in [0.2, 0.25) is 0 Å². The minimum absolute atomic E-state index is 0. The van der Waals surface area contributed by atoms with E-state index in [9.17, 15) is 0 Å². The van der Waals surface area contributed by atoms with Crippen molar-refractivity contribution in [1.82, 2.24) is 0 Å². The van der Waals surface area contributed by atoms with Crippen molar-refractivity contribution in [3.8, 4) is 0 Å². The van der Waals surface area contributed by atoms with Crippen molar-refractivity contribution in [3.63, 3.8) is 0 Å². The SMILES string of the molecule is [CH2]C(=O)O.[MgH2].[SnH2]. The number of aliphatic carboxylic acids is 1. The molecule has 0 aromatic rings. The van der Waals surface area contributed by atoms with Crippen LogP contribution < -0.4 is 0 Å². The summed E-state index contributed by atoms with van der Waals surface area (Å²) in [5, 5.41) is 7.31. The second-order valence-electron chi connectivity index (χ2n) is 0.394. The monoisotopic (exact) mass is 207 g/mol. The van der Waals surface area contributed by atoms with E-state index in [4.69, 9.17) is 9.90 Å². The van der Waals surface area contributed by atoms with E-state index in [0.29, 0.717) is 0 Å². The van der Waals surface area contributed by atoms with Crippen molar-refractivity contribution in [2.75, 3.05) is 0 Å². The molecule has 0 unspecified atom stereocenters. The Morgan fingerprint density at radius 3 is 1.67 bits per heavy atom. The standard InChI is InChI=1S/C2H3O2.Mg.Sn.4H/c1-2(3)4;;;;;;/h1H2,(H,3,4);;;;;;. The van der Waals surface area contributed by atoms with Gasteiger partial charge >= 0.3 is 52.9 Å². The van der Waals surface area contributed by atoms with Crippen LogP contribution in [0.15, 0.2) is 0 Å². The van der Waals surface area contributed by atoms with Crippen molar-refractivity contribution in [3.05, 3.63) is 6.92 Å². The average Bonchev–Trinajstić information content (AvgIpc) is 0.811. The van der Waals surface area contributed by atoms with Gasteiger partial charge < -0.3 is 5.11 Å². The Morgan fingerprint density at radius 2 is 1.67 bits per heavy atom. The molecule has 4 heteroatoms. The van der Waals surface area contributed by atoms with E-state index < -0.39 is 5.97 Å². The quantitative estimate of drug-likeness (QED) is 0.469. The summed E-state index contributed by atoms with van der Waals surface area (Å²) in [5.41, 5.74) is 0. The van der Waals surface area contributed by atoms with Crippen LogP contribution in [0, 0.1) is 6.92 Å². The van der Waals surface area contributed by atoms with Crippen LogP contribution in [-0.4, -0.2) is 58.0 Å². The molecular weight excluding hydrogens is 199 g/mol. The first-order valence-electron chi connectivity index (χ1n) is 0.781. The molecule has 0 amide bonds. The Balaban J connectivity index is -0.0000000450. The van der Waals surface area contributed by atoms with Crippen LogP contribution in [0.25, 0.3) is 0 Å². The van der Waals surface area contributed by atoms with E-state index in [1.165, 1.54) is 0 Å². The zero-order chi connectivity index (χ0) is 3.58. The molecule has 33 valence electrons. The number of hydrogen-bond donors (Lipinski definition) is 1. The van der Waals surface area contributed by atoms with Gasteiger partial charge in [-0.3, -0.25) is 4.79 Å². The van der Waals surface area contributed by atoms with E-state index >= 15 is 0 Å². The molecule has 0 aliphatic rings. The Morgan fingerprint density at radius 1 is 1.67 bits per heavy atom. The van der Waals surface area contributed by atoms with E-state index in [-0.39, 0.29) is 47.0 Å². The van der Waals surface area contributed by atoms with E-state index in [2.05, 4.69) is 6.92 Å². The van der Waals surface area contributed by atoms with Gasteiger partial charge in [0.1, 0.15) is 0 Å². The molecule has 0 aromatic carbocycles. The Labute approximate surface area is 69.4 Å². The molecule has 0 aliphatic carbocycles. The van der Waals surface area contributed by atoms with Crippen molar-refractivity contribution in [2.24, 2.45) is 0 Å². The van der Waals surface area contributed by atoms with Gasteiger partial charge in [0.25, 0.3) is 0 Å². The van der Waals surface area contributed by atoms with Crippen molar-refractivity contribution in [1.29, 1.82) is 0 Å². The second kappa shape index (κ2) is 9.40. The fourth-order valence-corrected chi connectivity index (χ4v) is 0. The zero-order valence-electron chi connectivity index (χ0n) is 2.77. The summed E-state index contributed by atoms with van der Waals surface area (Å²) in [7, 11) is 0.